The van der Waals surface area contributed by atoms with Crippen molar-refractivity contribution in [2.45, 2.75) is 26.2 Å². The third-order valence-electron chi connectivity index (χ3n) is 5.30. The van der Waals surface area contributed by atoms with Gasteiger partial charge in [0.25, 0.3) is 5.91 Å². The van der Waals surface area contributed by atoms with E-state index in [-0.39, 0.29) is 11.7 Å². The number of hydrogen-bond acceptors (Lipinski definition) is 3. The molecule has 0 saturated heterocycles. The molecule has 168 valence electrons. The molecule has 0 unspecified atom stereocenters. The second kappa shape index (κ2) is 10.6. The van der Waals surface area contributed by atoms with Crippen LogP contribution in [-0.4, -0.2) is 27.2 Å². The molecular formula is C26H24Cl2N4O. The molecule has 33 heavy (non-hydrogen) atoms. The number of benzene rings is 3. The molecule has 4 aromatic rings. The average molecular weight is 479 g/mol. The number of amides is 1. The maximum atomic E-state index is 12.8. The molecular weight excluding hydrogens is 455 g/mol. The van der Waals surface area contributed by atoms with E-state index < -0.39 is 0 Å². The Bertz CT molecular complexity index is 1250. The lowest BCUT2D eigenvalue weighted by atomic mass is 10.1. The minimum atomic E-state index is -0.313. The first-order valence-electron chi connectivity index (χ1n) is 10.8. The van der Waals surface area contributed by atoms with Crippen molar-refractivity contribution in [3.63, 3.8) is 0 Å². The van der Waals surface area contributed by atoms with Gasteiger partial charge in [0, 0.05) is 23.0 Å². The van der Waals surface area contributed by atoms with Gasteiger partial charge >= 0.3 is 0 Å². The van der Waals surface area contributed by atoms with Gasteiger partial charge in [-0.15, -0.1) is 5.10 Å². The quantitative estimate of drug-likeness (QED) is 0.356. The summed E-state index contributed by atoms with van der Waals surface area (Å²) in [5.74, 6) is 0.588. The summed E-state index contributed by atoms with van der Waals surface area (Å²) in [5.41, 5.74) is 4.13. The van der Waals surface area contributed by atoms with Crippen molar-refractivity contribution in [3.8, 4) is 5.69 Å². The molecule has 0 saturated carbocycles. The fourth-order valence-corrected chi connectivity index (χ4v) is 4.09. The largest absolute Gasteiger partial charge is 0.349 e. The van der Waals surface area contributed by atoms with Gasteiger partial charge in [0.15, 0.2) is 0 Å². The Kier molecular flexibility index (Phi) is 7.43. The van der Waals surface area contributed by atoms with Gasteiger partial charge < -0.3 is 5.32 Å². The third-order valence-corrected chi connectivity index (χ3v) is 5.89. The Morgan fingerprint density at radius 1 is 0.939 bits per heavy atom. The van der Waals surface area contributed by atoms with Gasteiger partial charge in [0.2, 0.25) is 5.82 Å². The lowest BCUT2D eigenvalue weighted by Gasteiger charge is -2.07. The van der Waals surface area contributed by atoms with E-state index in [4.69, 9.17) is 23.2 Å². The Hall–Kier alpha value is -3.15. The zero-order chi connectivity index (χ0) is 23.2. The lowest BCUT2D eigenvalue weighted by molar-refractivity contribution is 0.0944. The summed E-state index contributed by atoms with van der Waals surface area (Å²) >= 11 is 12.2. The first kappa shape index (κ1) is 23.0. The SMILES string of the molecule is Cc1cccc(-n2nc(C(=O)NCCc3ccc(Cl)cc3Cl)nc2CCc2ccccc2)c1. The monoisotopic (exact) mass is 478 g/mol. The summed E-state index contributed by atoms with van der Waals surface area (Å²) in [6.45, 7) is 2.44. The van der Waals surface area contributed by atoms with Gasteiger partial charge in [-0.05, 0) is 60.7 Å². The van der Waals surface area contributed by atoms with Gasteiger partial charge in [0.05, 0.1) is 5.69 Å². The summed E-state index contributed by atoms with van der Waals surface area (Å²) < 4.78 is 1.76. The van der Waals surface area contributed by atoms with Crippen LogP contribution in [0.2, 0.25) is 10.0 Å². The fraction of sp³-hybridized carbons (Fsp3) is 0.192. The van der Waals surface area contributed by atoms with Crippen LogP contribution in [0.1, 0.15) is 33.1 Å². The summed E-state index contributed by atoms with van der Waals surface area (Å²) in [6.07, 6.45) is 2.06. The van der Waals surface area contributed by atoms with Crippen molar-refractivity contribution in [1.29, 1.82) is 0 Å². The highest BCUT2D eigenvalue weighted by Crippen LogP contribution is 2.21. The number of halogens is 2. The van der Waals surface area contributed by atoms with E-state index in [0.29, 0.717) is 29.4 Å². The zero-order valence-electron chi connectivity index (χ0n) is 18.3. The number of aryl methyl sites for hydroxylation is 3. The Morgan fingerprint density at radius 3 is 2.52 bits per heavy atom. The lowest BCUT2D eigenvalue weighted by Crippen LogP contribution is -2.27. The summed E-state index contributed by atoms with van der Waals surface area (Å²) in [4.78, 5) is 17.4. The van der Waals surface area contributed by atoms with E-state index >= 15 is 0 Å². The van der Waals surface area contributed by atoms with E-state index in [2.05, 4.69) is 27.5 Å². The van der Waals surface area contributed by atoms with Gasteiger partial charge in [-0.25, -0.2) is 9.67 Å². The standard InChI is InChI=1S/C26H24Cl2N4O/c1-18-6-5-9-22(16-18)32-24(13-10-19-7-3-2-4-8-19)30-25(31-32)26(33)29-15-14-20-11-12-21(27)17-23(20)28/h2-9,11-12,16-17H,10,13-15H2,1H3,(H,29,33). The normalized spacial score (nSPS) is 10.9. The molecule has 0 aliphatic carbocycles. The molecule has 3 aromatic carbocycles. The fourth-order valence-electron chi connectivity index (χ4n) is 3.58. The number of nitrogens with zero attached hydrogens (tertiary/aromatic N) is 3. The molecule has 0 bridgehead atoms. The molecule has 1 N–H and O–H groups in total. The number of hydrogen-bond donors (Lipinski definition) is 1. The molecule has 1 aromatic heterocycles. The number of nitrogens with one attached hydrogen (secondary N) is 1. The van der Waals surface area contributed by atoms with E-state index in [1.807, 2.05) is 55.5 Å². The Morgan fingerprint density at radius 2 is 1.76 bits per heavy atom. The number of carbonyl (C=O) groups excluding carboxylic acids is 1. The van der Waals surface area contributed by atoms with Crippen LogP contribution in [-0.2, 0) is 19.3 Å². The molecule has 5 nitrogen and oxygen atoms in total. The maximum absolute atomic E-state index is 12.8. The molecule has 4 rings (SSSR count). The smallest absolute Gasteiger partial charge is 0.290 e. The van der Waals surface area contributed by atoms with E-state index in [1.165, 1.54) is 5.56 Å². The van der Waals surface area contributed by atoms with Crippen LogP contribution >= 0.6 is 23.2 Å². The molecule has 0 aliphatic rings. The predicted molar refractivity (Wildman–Crippen MR) is 132 cm³/mol. The van der Waals surface area contributed by atoms with Crippen molar-refractivity contribution >= 4 is 29.1 Å². The topological polar surface area (TPSA) is 59.8 Å². The van der Waals surface area contributed by atoms with Crippen LogP contribution in [0.25, 0.3) is 5.69 Å². The Balaban J connectivity index is 1.50. The van der Waals surface area contributed by atoms with Crippen LogP contribution in [0.3, 0.4) is 0 Å². The van der Waals surface area contributed by atoms with Gasteiger partial charge in [-0.1, -0.05) is 71.7 Å². The van der Waals surface area contributed by atoms with Crippen LogP contribution in [0, 0.1) is 6.92 Å². The van der Waals surface area contributed by atoms with E-state index in [9.17, 15) is 4.79 Å². The zero-order valence-corrected chi connectivity index (χ0v) is 19.8. The van der Waals surface area contributed by atoms with Crippen molar-refractivity contribution < 1.29 is 4.79 Å². The molecule has 0 atom stereocenters. The predicted octanol–water partition coefficient (Wildman–Crippen LogP) is 5.64. The number of aromatic nitrogens is 3. The van der Waals surface area contributed by atoms with E-state index in [0.717, 1.165) is 29.1 Å². The highest BCUT2D eigenvalue weighted by molar-refractivity contribution is 6.35. The van der Waals surface area contributed by atoms with Gasteiger partial charge in [-0.2, -0.15) is 0 Å². The Labute approximate surface area is 203 Å². The summed E-state index contributed by atoms with van der Waals surface area (Å²) in [6, 6.07) is 23.6. The molecule has 1 amide bonds. The van der Waals surface area contributed by atoms with Crippen LogP contribution in [0.15, 0.2) is 72.8 Å². The minimum Gasteiger partial charge on any atom is -0.349 e. The van der Waals surface area contributed by atoms with E-state index in [1.54, 1.807) is 16.8 Å². The molecule has 1 heterocycles. The maximum Gasteiger partial charge on any atom is 0.290 e. The highest BCUT2D eigenvalue weighted by Gasteiger charge is 2.17. The van der Waals surface area contributed by atoms with Crippen molar-refractivity contribution in [2.75, 3.05) is 6.54 Å². The molecule has 0 aliphatic heterocycles. The highest BCUT2D eigenvalue weighted by atomic mass is 35.5. The summed E-state index contributed by atoms with van der Waals surface area (Å²) in [5, 5.41) is 8.61. The van der Waals surface area contributed by atoms with Crippen molar-refractivity contribution in [3.05, 3.63) is 111 Å². The molecule has 0 fully saturated rings. The number of carbonyl (C=O) groups is 1. The van der Waals surface area contributed by atoms with Crippen LogP contribution in [0.5, 0.6) is 0 Å². The second-order valence-corrected chi connectivity index (χ2v) is 8.67. The molecule has 0 radical (unpaired) electrons. The van der Waals surface area contributed by atoms with Crippen molar-refractivity contribution in [2.24, 2.45) is 0 Å². The molecule has 7 heteroatoms. The summed E-state index contributed by atoms with van der Waals surface area (Å²) in [7, 11) is 0. The third kappa shape index (κ3) is 6.01. The van der Waals surface area contributed by atoms with Gasteiger partial charge in [-0.3, -0.25) is 4.79 Å². The molecule has 0 spiro atoms. The second-order valence-electron chi connectivity index (χ2n) is 7.83. The minimum absolute atomic E-state index is 0.154. The van der Waals surface area contributed by atoms with Crippen molar-refractivity contribution in [1.82, 2.24) is 20.1 Å². The number of rotatable bonds is 8. The average Bonchev–Trinajstić information content (AvgIpc) is 3.24. The van der Waals surface area contributed by atoms with Crippen LogP contribution < -0.4 is 5.32 Å². The van der Waals surface area contributed by atoms with Crippen LogP contribution in [0.4, 0.5) is 0 Å². The van der Waals surface area contributed by atoms with Gasteiger partial charge in [0.1, 0.15) is 5.82 Å². The first-order chi connectivity index (χ1) is 16.0. The first-order valence-corrected chi connectivity index (χ1v) is 11.5.